The summed E-state index contributed by atoms with van der Waals surface area (Å²) in [5.41, 5.74) is 1.79. The molecule has 1 heterocycles. The molecular formula is C20H25N3O3S. The van der Waals surface area contributed by atoms with E-state index in [9.17, 15) is 13.2 Å². The third kappa shape index (κ3) is 4.55. The summed E-state index contributed by atoms with van der Waals surface area (Å²) in [7, 11) is -0.501. The molecule has 2 aromatic carbocycles. The lowest BCUT2D eigenvalue weighted by atomic mass is 10.1. The molecule has 1 amide bonds. The first-order valence-corrected chi connectivity index (χ1v) is 10.4. The molecule has 0 N–H and O–H groups in total. The molecule has 144 valence electrons. The van der Waals surface area contributed by atoms with Crippen LogP contribution in [0, 0.1) is 0 Å². The average Bonchev–Trinajstić information content (AvgIpc) is 2.69. The van der Waals surface area contributed by atoms with Gasteiger partial charge in [0.2, 0.25) is 10.0 Å². The predicted molar refractivity (Wildman–Crippen MR) is 105 cm³/mol. The van der Waals surface area contributed by atoms with Crippen LogP contribution in [0.5, 0.6) is 0 Å². The number of carbonyl (C=O) groups is 1. The first-order valence-electron chi connectivity index (χ1n) is 8.96. The van der Waals surface area contributed by atoms with Crippen molar-refractivity contribution in [2.24, 2.45) is 0 Å². The van der Waals surface area contributed by atoms with E-state index < -0.39 is 10.0 Å². The molecule has 0 aromatic heterocycles. The summed E-state index contributed by atoms with van der Waals surface area (Å²) in [5.74, 6) is -0.0526. The molecule has 0 spiro atoms. The second-order valence-corrected chi connectivity index (χ2v) is 9.02. The van der Waals surface area contributed by atoms with Gasteiger partial charge in [-0.25, -0.2) is 12.7 Å². The molecule has 1 aliphatic rings. The van der Waals surface area contributed by atoms with E-state index in [0.717, 1.165) is 23.9 Å². The quantitative estimate of drug-likeness (QED) is 0.786. The molecule has 0 atom stereocenters. The van der Waals surface area contributed by atoms with E-state index in [1.54, 1.807) is 12.1 Å². The molecule has 1 fully saturated rings. The lowest BCUT2D eigenvalue weighted by molar-refractivity contribution is 0.0628. The van der Waals surface area contributed by atoms with E-state index in [2.05, 4.69) is 17.0 Å². The summed E-state index contributed by atoms with van der Waals surface area (Å²) in [6, 6.07) is 16.5. The van der Waals surface area contributed by atoms with Crippen molar-refractivity contribution >= 4 is 15.9 Å². The highest BCUT2D eigenvalue weighted by Crippen LogP contribution is 2.16. The van der Waals surface area contributed by atoms with E-state index in [4.69, 9.17) is 0 Å². The highest BCUT2D eigenvalue weighted by molar-refractivity contribution is 7.89. The fourth-order valence-electron chi connectivity index (χ4n) is 3.11. The van der Waals surface area contributed by atoms with Gasteiger partial charge in [-0.2, -0.15) is 0 Å². The Balaban J connectivity index is 1.59. The van der Waals surface area contributed by atoms with Crippen molar-refractivity contribution in [3.63, 3.8) is 0 Å². The van der Waals surface area contributed by atoms with Crippen molar-refractivity contribution in [1.82, 2.24) is 14.1 Å². The van der Waals surface area contributed by atoms with Gasteiger partial charge in [0, 0.05) is 52.4 Å². The minimum atomic E-state index is -3.48. The van der Waals surface area contributed by atoms with Gasteiger partial charge in [0.05, 0.1) is 4.90 Å². The van der Waals surface area contributed by atoms with E-state index in [1.165, 1.54) is 31.8 Å². The van der Waals surface area contributed by atoms with Crippen molar-refractivity contribution in [3.8, 4) is 0 Å². The normalized spacial score (nSPS) is 15.9. The summed E-state index contributed by atoms with van der Waals surface area (Å²) in [5, 5.41) is 0. The van der Waals surface area contributed by atoms with Crippen molar-refractivity contribution < 1.29 is 13.2 Å². The van der Waals surface area contributed by atoms with Gasteiger partial charge in [-0.1, -0.05) is 30.3 Å². The molecule has 2 aromatic rings. The first kappa shape index (κ1) is 19.5. The second kappa shape index (κ2) is 8.21. The molecule has 0 saturated carbocycles. The summed E-state index contributed by atoms with van der Waals surface area (Å²) >= 11 is 0. The highest BCUT2D eigenvalue weighted by atomic mass is 32.2. The Morgan fingerprint density at radius 2 is 1.52 bits per heavy atom. The monoisotopic (exact) mass is 387 g/mol. The lowest BCUT2D eigenvalue weighted by Crippen LogP contribution is -2.48. The minimum Gasteiger partial charge on any atom is -0.336 e. The van der Waals surface area contributed by atoms with Gasteiger partial charge in [-0.05, 0) is 29.8 Å². The van der Waals surface area contributed by atoms with Crippen molar-refractivity contribution in [1.29, 1.82) is 0 Å². The number of nitrogens with zero attached hydrogens (tertiary/aromatic N) is 3. The predicted octanol–water partition coefficient (Wildman–Crippen LogP) is 1.89. The Hall–Kier alpha value is -2.22. The van der Waals surface area contributed by atoms with Crippen LogP contribution in [0.15, 0.2) is 59.5 Å². The van der Waals surface area contributed by atoms with E-state index >= 15 is 0 Å². The zero-order valence-corrected chi connectivity index (χ0v) is 16.5. The highest BCUT2D eigenvalue weighted by Gasteiger charge is 2.23. The zero-order valence-electron chi connectivity index (χ0n) is 15.7. The Morgan fingerprint density at radius 3 is 2.07 bits per heavy atom. The molecule has 6 nitrogen and oxygen atoms in total. The van der Waals surface area contributed by atoms with E-state index in [1.807, 2.05) is 23.1 Å². The van der Waals surface area contributed by atoms with Gasteiger partial charge in [-0.3, -0.25) is 9.69 Å². The third-order valence-corrected chi connectivity index (χ3v) is 6.62. The molecule has 1 saturated heterocycles. The fourth-order valence-corrected chi connectivity index (χ4v) is 4.02. The average molecular weight is 388 g/mol. The minimum absolute atomic E-state index is 0.0526. The summed E-state index contributed by atoms with van der Waals surface area (Å²) in [6.07, 6.45) is 0. The molecule has 0 bridgehead atoms. The van der Waals surface area contributed by atoms with Crippen LogP contribution in [0.3, 0.4) is 0 Å². The molecule has 0 aliphatic carbocycles. The van der Waals surface area contributed by atoms with Crippen molar-refractivity contribution in [2.75, 3.05) is 40.3 Å². The van der Waals surface area contributed by atoms with Crippen molar-refractivity contribution in [2.45, 2.75) is 11.4 Å². The molecule has 7 heteroatoms. The van der Waals surface area contributed by atoms with Crippen LogP contribution < -0.4 is 0 Å². The standard InChI is InChI=1S/C20H25N3O3S/c1-21(2)27(25,26)19-10-8-18(9-11-19)20(24)23-14-12-22(13-15-23)16-17-6-4-3-5-7-17/h3-11H,12-16H2,1-2H3. The van der Waals surface area contributed by atoms with Gasteiger partial charge in [-0.15, -0.1) is 0 Å². The topological polar surface area (TPSA) is 60.9 Å². The zero-order chi connectivity index (χ0) is 19.4. The van der Waals surface area contributed by atoms with Gasteiger partial charge in [0.25, 0.3) is 5.91 Å². The Labute approximate surface area is 161 Å². The number of benzene rings is 2. The molecule has 1 aliphatic heterocycles. The van der Waals surface area contributed by atoms with Crippen LogP contribution >= 0.6 is 0 Å². The first-order chi connectivity index (χ1) is 12.9. The Bertz CT molecular complexity index is 872. The summed E-state index contributed by atoms with van der Waals surface area (Å²) in [4.78, 5) is 17.1. The molecule has 27 heavy (non-hydrogen) atoms. The van der Waals surface area contributed by atoms with Crippen LogP contribution in [-0.2, 0) is 16.6 Å². The van der Waals surface area contributed by atoms with Gasteiger partial charge < -0.3 is 4.90 Å². The number of rotatable bonds is 5. The SMILES string of the molecule is CN(C)S(=O)(=O)c1ccc(C(=O)N2CCN(Cc3ccccc3)CC2)cc1. The summed E-state index contributed by atoms with van der Waals surface area (Å²) in [6.45, 7) is 3.88. The number of amides is 1. The lowest BCUT2D eigenvalue weighted by Gasteiger charge is -2.34. The van der Waals surface area contributed by atoms with Crippen LogP contribution in [0.4, 0.5) is 0 Å². The maximum Gasteiger partial charge on any atom is 0.253 e. The number of hydrogen-bond donors (Lipinski definition) is 0. The number of hydrogen-bond acceptors (Lipinski definition) is 4. The van der Waals surface area contributed by atoms with Gasteiger partial charge >= 0.3 is 0 Å². The van der Waals surface area contributed by atoms with Gasteiger partial charge in [0.15, 0.2) is 0 Å². The second-order valence-electron chi connectivity index (χ2n) is 6.87. The molecular weight excluding hydrogens is 362 g/mol. The maximum atomic E-state index is 12.7. The number of carbonyl (C=O) groups excluding carboxylic acids is 1. The number of piperazine rings is 1. The smallest absolute Gasteiger partial charge is 0.253 e. The van der Waals surface area contributed by atoms with Crippen LogP contribution in [-0.4, -0.2) is 68.7 Å². The Morgan fingerprint density at radius 1 is 0.926 bits per heavy atom. The Kier molecular flexibility index (Phi) is 5.94. The van der Waals surface area contributed by atoms with E-state index in [0.29, 0.717) is 18.7 Å². The molecule has 3 rings (SSSR count). The third-order valence-electron chi connectivity index (χ3n) is 4.79. The molecule has 0 unspecified atom stereocenters. The van der Waals surface area contributed by atoms with Gasteiger partial charge in [0.1, 0.15) is 0 Å². The fraction of sp³-hybridized carbons (Fsp3) is 0.350. The van der Waals surface area contributed by atoms with Crippen LogP contribution in [0.2, 0.25) is 0 Å². The molecule has 0 radical (unpaired) electrons. The van der Waals surface area contributed by atoms with Crippen LogP contribution in [0.1, 0.15) is 15.9 Å². The largest absolute Gasteiger partial charge is 0.336 e. The van der Waals surface area contributed by atoms with Crippen LogP contribution in [0.25, 0.3) is 0 Å². The van der Waals surface area contributed by atoms with Crippen molar-refractivity contribution in [3.05, 3.63) is 65.7 Å². The summed E-state index contributed by atoms with van der Waals surface area (Å²) < 4.78 is 25.4. The van der Waals surface area contributed by atoms with E-state index in [-0.39, 0.29) is 10.8 Å². The number of sulfonamides is 1. The maximum absolute atomic E-state index is 12.7.